The van der Waals surface area contributed by atoms with Crippen LogP contribution in [0.1, 0.15) is 15.9 Å². The number of ketones is 1. The first-order chi connectivity index (χ1) is 13.1. The van der Waals surface area contributed by atoms with Crippen LogP contribution in [0, 0.1) is 0 Å². The van der Waals surface area contributed by atoms with Crippen LogP contribution in [0.4, 0.5) is 5.82 Å². The lowest BCUT2D eigenvalue weighted by atomic mass is 10.1. The van der Waals surface area contributed by atoms with Gasteiger partial charge >= 0.3 is 0 Å². The van der Waals surface area contributed by atoms with Crippen LogP contribution in [0.5, 0.6) is 0 Å². The van der Waals surface area contributed by atoms with Gasteiger partial charge in [0.05, 0.1) is 5.56 Å². The van der Waals surface area contributed by atoms with Gasteiger partial charge in [0.25, 0.3) is 11.7 Å². The monoisotopic (exact) mass is 379 g/mol. The van der Waals surface area contributed by atoms with Crippen LogP contribution in [-0.4, -0.2) is 21.4 Å². The maximum atomic E-state index is 12.7. The van der Waals surface area contributed by atoms with E-state index in [9.17, 15) is 9.59 Å². The molecular weight excluding hydrogens is 366 g/mol. The largest absolute Gasteiger partial charge is 0.363 e. The van der Waals surface area contributed by atoms with Crippen molar-refractivity contribution in [3.8, 4) is 0 Å². The minimum Gasteiger partial charge on any atom is -0.363 e. The number of amides is 1. The number of nitrogens with zero attached hydrogens (tertiary/aromatic N) is 2. The smallest absolute Gasteiger partial charge is 0.298 e. The molecule has 0 spiro atoms. The molecule has 0 saturated heterocycles. The van der Waals surface area contributed by atoms with Gasteiger partial charge in [-0.15, -0.1) is 0 Å². The SMILES string of the molecule is O=C(Nc1ccon1)C(=O)c1cn(Cc2ccc(Cl)cc2)c2ccccc12. The Hall–Kier alpha value is -3.38. The molecule has 0 saturated carbocycles. The molecule has 0 bridgehead atoms. The summed E-state index contributed by atoms with van der Waals surface area (Å²) in [5.74, 6) is -1.21. The lowest BCUT2D eigenvalue weighted by molar-refractivity contribution is -0.112. The zero-order valence-corrected chi connectivity index (χ0v) is 14.8. The molecule has 7 heteroatoms. The summed E-state index contributed by atoms with van der Waals surface area (Å²) in [7, 11) is 0. The minimum atomic E-state index is -0.765. The molecule has 4 rings (SSSR count). The normalized spacial score (nSPS) is 10.9. The average Bonchev–Trinajstić information content (AvgIpc) is 3.31. The fourth-order valence-corrected chi connectivity index (χ4v) is 3.04. The molecule has 1 amide bonds. The number of Topliss-reactive ketones (excluding diaryl/α,β-unsaturated/α-hetero) is 1. The Morgan fingerprint density at radius 2 is 1.85 bits per heavy atom. The second kappa shape index (κ2) is 7.09. The summed E-state index contributed by atoms with van der Waals surface area (Å²) >= 11 is 5.94. The molecule has 134 valence electrons. The molecule has 0 aliphatic carbocycles. The van der Waals surface area contributed by atoms with Crippen molar-refractivity contribution >= 4 is 40.0 Å². The number of anilines is 1. The van der Waals surface area contributed by atoms with E-state index in [1.54, 1.807) is 6.20 Å². The average molecular weight is 380 g/mol. The molecule has 0 radical (unpaired) electrons. The first-order valence-corrected chi connectivity index (χ1v) is 8.58. The first kappa shape index (κ1) is 17.1. The molecule has 0 fully saturated rings. The van der Waals surface area contributed by atoms with Gasteiger partial charge < -0.3 is 14.4 Å². The molecule has 6 nitrogen and oxygen atoms in total. The number of rotatable bonds is 5. The van der Waals surface area contributed by atoms with Crippen LogP contribution in [0.2, 0.25) is 5.02 Å². The number of carbonyl (C=O) groups is 2. The molecule has 0 aliphatic rings. The van der Waals surface area contributed by atoms with Crippen molar-refractivity contribution in [2.24, 2.45) is 0 Å². The van der Waals surface area contributed by atoms with E-state index in [1.165, 1.54) is 12.3 Å². The summed E-state index contributed by atoms with van der Waals surface area (Å²) in [5.41, 5.74) is 2.23. The highest BCUT2D eigenvalue weighted by Gasteiger charge is 2.22. The second-order valence-corrected chi connectivity index (χ2v) is 6.42. The molecule has 0 unspecified atom stereocenters. The number of hydrogen-bond donors (Lipinski definition) is 1. The fraction of sp³-hybridized carbons (Fsp3) is 0.0500. The molecular formula is C20H14ClN3O3. The van der Waals surface area contributed by atoms with Crippen LogP contribution in [0.3, 0.4) is 0 Å². The third kappa shape index (κ3) is 3.47. The number of fused-ring (bicyclic) bond motifs is 1. The van der Waals surface area contributed by atoms with Gasteiger partial charge in [0.1, 0.15) is 6.26 Å². The van der Waals surface area contributed by atoms with Gasteiger partial charge in [-0.25, -0.2) is 0 Å². The number of halogens is 1. The highest BCUT2D eigenvalue weighted by atomic mass is 35.5. The van der Waals surface area contributed by atoms with Crippen molar-refractivity contribution in [2.45, 2.75) is 6.54 Å². The Morgan fingerprint density at radius 3 is 2.59 bits per heavy atom. The van der Waals surface area contributed by atoms with Crippen molar-refractivity contribution in [3.05, 3.63) is 83.2 Å². The lowest BCUT2D eigenvalue weighted by Gasteiger charge is -2.05. The van der Waals surface area contributed by atoms with Crippen molar-refractivity contribution in [1.82, 2.24) is 9.72 Å². The van der Waals surface area contributed by atoms with E-state index in [0.29, 0.717) is 22.5 Å². The lowest BCUT2D eigenvalue weighted by Crippen LogP contribution is -2.22. The standard InChI is InChI=1S/C20H14ClN3O3/c21-14-7-5-13(6-8-14)11-24-12-16(15-3-1-2-4-17(15)24)19(25)20(26)22-18-9-10-27-23-18/h1-10,12H,11H2,(H,22,23,26). The summed E-state index contributed by atoms with van der Waals surface area (Å²) in [4.78, 5) is 25.0. The summed E-state index contributed by atoms with van der Waals surface area (Å²) in [6.45, 7) is 0.551. The summed E-state index contributed by atoms with van der Waals surface area (Å²) in [5, 5.41) is 7.40. The van der Waals surface area contributed by atoms with E-state index >= 15 is 0 Å². The zero-order chi connectivity index (χ0) is 18.8. The van der Waals surface area contributed by atoms with Gasteiger partial charge in [0.2, 0.25) is 0 Å². The molecule has 2 aromatic carbocycles. The number of carbonyl (C=O) groups excluding carboxylic acids is 2. The van der Waals surface area contributed by atoms with Gasteiger partial charge in [-0.3, -0.25) is 9.59 Å². The van der Waals surface area contributed by atoms with Gasteiger partial charge in [-0.2, -0.15) is 0 Å². The van der Waals surface area contributed by atoms with Gasteiger partial charge in [0.15, 0.2) is 5.82 Å². The van der Waals surface area contributed by atoms with Crippen molar-refractivity contribution < 1.29 is 14.1 Å². The Morgan fingerprint density at radius 1 is 1.07 bits per heavy atom. The van der Waals surface area contributed by atoms with Gasteiger partial charge in [-0.1, -0.05) is 47.1 Å². The number of aromatic nitrogens is 2. The maximum Gasteiger partial charge on any atom is 0.298 e. The van der Waals surface area contributed by atoms with Crippen molar-refractivity contribution in [2.75, 3.05) is 5.32 Å². The quantitative estimate of drug-likeness (QED) is 0.417. The van der Waals surface area contributed by atoms with Crippen molar-refractivity contribution in [1.29, 1.82) is 0 Å². The van der Waals surface area contributed by atoms with E-state index in [2.05, 4.69) is 15.0 Å². The van der Waals surface area contributed by atoms with Crippen LogP contribution in [-0.2, 0) is 11.3 Å². The second-order valence-electron chi connectivity index (χ2n) is 5.98. The Kier molecular flexibility index (Phi) is 4.48. The van der Waals surface area contributed by atoms with Crippen LogP contribution < -0.4 is 5.32 Å². The Balaban J connectivity index is 1.67. The maximum absolute atomic E-state index is 12.7. The molecule has 2 aromatic heterocycles. The number of benzene rings is 2. The number of para-hydroxylation sites is 1. The van der Waals surface area contributed by atoms with Gasteiger partial charge in [-0.05, 0) is 23.8 Å². The molecule has 2 heterocycles. The summed E-state index contributed by atoms with van der Waals surface area (Å²) in [6, 6.07) is 16.4. The predicted octanol–water partition coefficient (Wildman–Crippen LogP) is 4.15. The predicted molar refractivity (Wildman–Crippen MR) is 102 cm³/mol. The third-order valence-electron chi connectivity index (χ3n) is 4.19. The Labute approximate surface area is 159 Å². The van der Waals surface area contributed by atoms with E-state index < -0.39 is 11.7 Å². The molecule has 27 heavy (non-hydrogen) atoms. The zero-order valence-electron chi connectivity index (χ0n) is 14.1. The van der Waals surface area contributed by atoms with E-state index in [4.69, 9.17) is 11.6 Å². The third-order valence-corrected chi connectivity index (χ3v) is 4.44. The van der Waals surface area contributed by atoms with E-state index in [-0.39, 0.29) is 5.82 Å². The molecule has 0 atom stereocenters. The highest BCUT2D eigenvalue weighted by molar-refractivity contribution is 6.48. The summed E-state index contributed by atoms with van der Waals surface area (Å²) in [6.07, 6.45) is 3.02. The first-order valence-electron chi connectivity index (χ1n) is 8.20. The minimum absolute atomic E-state index is 0.193. The molecule has 1 N–H and O–H groups in total. The molecule has 4 aromatic rings. The van der Waals surface area contributed by atoms with Crippen LogP contribution >= 0.6 is 11.6 Å². The van der Waals surface area contributed by atoms with Crippen LogP contribution in [0.25, 0.3) is 10.9 Å². The van der Waals surface area contributed by atoms with Crippen molar-refractivity contribution in [3.63, 3.8) is 0 Å². The van der Waals surface area contributed by atoms with Crippen LogP contribution in [0.15, 0.2) is 71.6 Å². The fourth-order valence-electron chi connectivity index (χ4n) is 2.92. The number of nitrogens with one attached hydrogen (secondary N) is 1. The topological polar surface area (TPSA) is 77.1 Å². The summed E-state index contributed by atoms with van der Waals surface area (Å²) < 4.78 is 6.60. The van der Waals surface area contributed by atoms with E-state index in [0.717, 1.165) is 11.1 Å². The Bertz CT molecular complexity index is 1120. The number of hydrogen-bond acceptors (Lipinski definition) is 4. The van der Waals surface area contributed by atoms with Gasteiger partial charge in [0, 0.05) is 34.7 Å². The molecule has 0 aliphatic heterocycles. The van der Waals surface area contributed by atoms with E-state index in [1.807, 2.05) is 53.1 Å². The highest BCUT2D eigenvalue weighted by Crippen LogP contribution is 2.23.